The van der Waals surface area contributed by atoms with Gasteiger partial charge in [0.15, 0.2) is 11.5 Å². The van der Waals surface area contributed by atoms with Gasteiger partial charge in [0, 0.05) is 32.7 Å². The van der Waals surface area contributed by atoms with Crippen LogP contribution in [0.4, 0.5) is 5.69 Å². The van der Waals surface area contributed by atoms with Gasteiger partial charge in [-0.3, -0.25) is 14.0 Å². The largest absolute Gasteiger partial charge is 0.454 e. The zero-order valence-corrected chi connectivity index (χ0v) is 19.8. The molecule has 0 aromatic heterocycles. The van der Waals surface area contributed by atoms with Gasteiger partial charge >= 0.3 is 0 Å². The van der Waals surface area contributed by atoms with Gasteiger partial charge in [-0.2, -0.15) is 0 Å². The molecule has 11 heteroatoms. The highest BCUT2D eigenvalue weighted by Gasteiger charge is 2.27. The molecule has 0 radical (unpaired) electrons. The number of hydrogen-bond acceptors (Lipinski definition) is 6. The summed E-state index contributed by atoms with van der Waals surface area (Å²) in [6, 6.07) is 10.4. The quantitative estimate of drug-likeness (QED) is 0.607. The lowest BCUT2D eigenvalue weighted by atomic mass is 10.1. The number of carbonyl (C=O) groups excluding carboxylic acids is 1. The van der Waals surface area contributed by atoms with E-state index in [-0.39, 0.29) is 24.3 Å². The van der Waals surface area contributed by atoms with E-state index in [0.29, 0.717) is 36.9 Å². The van der Waals surface area contributed by atoms with Crippen molar-refractivity contribution < 1.29 is 22.7 Å². The van der Waals surface area contributed by atoms with Crippen molar-refractivity contribution in [3.8, 4) is 11.5 Å². The Balaban J connectivity index is 1.36. The number of fused-ring (bicyclic) bond motifs is 1. The summed E-state index contributed by atoms with van der Waals surface area (Å²) in [6.07, 6.45) is 1.06. The molecular formula is C21H23Cl2N3O5S. The topological polar surface area (TPSA) is 79.4 Å². The first-order chi connectivity index (χ1) is 15.2. The Morgan fingerprint density at radius 1 is 1.00 bits per heavy atom. The van der Waals surface area contributed by atoms with Gasteiger partial charge in [0.05, 0.1) is 22.0 Å². The smallest absolute Gasteiger partial charge is 0.243 e. The summed E-state index contributed by atoms with van der Waals surface area (Å²) < 4.78 is 36.5. The fourth-order valence-electron chi connectivity index (χ4n) is 3.72. The zero-order chi connectivity index (χ0) is 22.9. The van der Waals surface area contributed by atoms with Crippen molar-refractivity contribution >= 4 is 44.8 Å². The summed E-state index contributed by atoms with van der Waals surface area (Å²) in [5.74, 6) is 1.24. The SMILES string of the molecule is CS(=O)(=O)N(CC(=O)N1CCN(Cc2ccc3c(c2)OCO3)CC1)c1ccc(Cl)c(Cl)c1. The molecule has 2 aliphatic heterocycles. The average Bonchev–Trinajstić information content (AvgIpc) is 3.21. The molecule has 2 aromatic carbocycles. The standard InChI is InChI=1S/C21H23Cl2N3O5S/c1-32(28,29)26(16-3-4-17(22)18(23)11-16)13-21(27)25-8-6-24(7-9-25)12-15-2-5-19-20(10-15)31-14-30-19/h2-5,10-11H,6-9,12-14H2,1H3. The van der Waals surface area contributed by atoms with E-state index < -0.39 is 10.0 Å². The molecule has 2 aliphatic rings. The maximum Gasteiger partial charge on any atom is 0.243 e. The fourth-order valence-corrected chi connectivity index (χ4v) is 4.85. The third-order valence-corrected chi connectivity index (χ3v) is 7.32. The van der Waals surface area contributed by atoms with E-state index in [1.165, 1.54) is 18.2 Å². The van der Waals surface area contributed by atoms with Crippen LogP contribution in [0.15, 0.2) is 36.4 Å². The Kier molecular flexibility index (Phi) is 6.71. The van der Waals surface area contributed by atoms with Gasteiger partial charge in [-0.1, -0.05) is 29.3 Å². The zero-order valence-electron chi connectivity index (χ0n) is 17.5. The molecule has 1 fully saturated rings. The number of sulfonamides is 1. The molecule has 0 bridgehead atoms. The molecule has 0 unspecified atom stereocenters. The molecule has 2 heterocycles. The minimum Gasteiger partial charge on any atom is -0.454 e. The molecule has 32 heavy (non-hydrogen) atoms. The molecule has 1 saturated heterocycles. The molecule has 4 rings (SSSR count). The van der Waals surface area contributed by atoms with Crippen molar-refractivity contribution in [2.75, 3.05) is 50.1 Å². The summed E-state index contributed by atoms with van der Waals surface area (Å²) in [7, 11) is -3.69. The summed E-state index contributed by atoms with van der Waals surface area (Å²) in [4.78, 5) is 16.8. The van der Waals surface area contributed by atoms with E-state index in [0.717, 1.165) is 34.2 Å². The molecular weight excluding hydrogens is 477 g/mol. The Hall–Kier alpha value is -2.20. The Morgan fingerprint density at radius 3 is 2.41 bits per heavy atom. The molecule has 0 atom stereocenters. The highest BCUT2D eigenvalue weighted by molar-refractivity contribution is 7.92. The van der Waals surface area contributed by atoms with Gasteiger partial charge in [-0.15, -0.1) is 0 Å². The van der Waals surface area contributed by atoms with Crippen LogP contribution in [0.2, 0.25) is 10.0 Å². The number of anilines is 1. The lowest BCUT2D eigenvalue weighted by molar-refractivity contribution is -0.131. The normalized spacial score (nSPS) is 16.3. The van der Waals surface area contributed by atoms with Crippen LogP contribution < -0.4 is 13.8 Å². The van der Waals surface area contributed by atoms with Crippen LogP contribution in [-0.4, -0.2) is 69.9 Å². The molecule has 0 N–H and O–H groups in total. The molecule has 0 saturated carbocycles. The van der Waals surface area contributed by atoms with E-state index in [4.69, 9.17) is 32.7 Å². The van der Waals surface area contributed by atoms with E-state index >= 15 is 0 Å². The summed E-state index contributed by atoms with van der Waals surface area (Å²) in [6.45, 7) is 3.09. The first-order valence-corrected chi connectivity index (χ1v) is 12.6. The second-order valence-electron chi connectivity index (χ2n) is 7.71. The number of amides is 1. The number of piperazine rings is 1. The third-order valence-electron chi connectivity index (χ3n) is 5.44. The minimum absolute atomic E-state index is 0.224. The lowest BCUT2D eigenvalue weighted by Crippen LogP contribution is -2.51. The first kappa shape index (κ1) is 23.0. The Morgan fingerprint density at radius 2 is 1.72 bits per heavy atom. The predicted octanol–water partition coefficient (Wildman–Crippen LogP) is 2.83. The number of halogens is 2. The van der Waals surface area contributed by atoms with E-state index in [9.17, 15) is 13.2 Å². The van der Waals surface area contributed by atoms with Crippen LogP contribution in [0.1, 0.15) is 5.56 Å². The van der Waals surface area contributed by atoms with Gasteiger partial charge < -0.3 is 14.4 Å². The maximum absolute atomic E-state index is 12.9. The molecule has 0 aliphatic carbocycles. The molecule has 172 valence electrons. The highest BCUT2D eigenvalue weighted by atomic mass is 35.5. The van der Waals surface area contributed by atoms with Gasteiger partial charge in [-0.05, 0) is 35.9 Å². The lowest BCUT2D eigenvalue weighted by Gasteiger charge is -2.36. The summed E-state index contributed by atoms with van der Waals surface area (Å²) in [5, 5.41) is 0.538. The highest BCUT2D eigenvalue weighted by Crippen LogP contribution is 2.33. The van der Waals surface area contributed by atoms with Crippen LogP contribution in [0.3, 0.4) is 0 Å². The number of ether oxygens (including phenoxy) is 2. The van der Waals surface area contributed by atoms with Crippen LogP contribution >= 0.6 is 23.2 Å². The summed E-state index contributed by atoms with van der Waals surface area (Å²) in [5.41, 5.74) is 1.41. The predicted molar refractivity (Wildman–Crippen MR) is 123 cm³/mol. The van der Waals surface area contributed by atoms with Crippen LogP contribution in [-0.2, 0) is 21.4 Å². The van der Waals surface area contributed by atoms with E-state index in [1.807, 2.05) is 18.2 Å². The number of hydrogen-bond donors (Lipinski definition) is 0. The van der Waals surface area contributed by atoms with Crippen LogP contribution in [0.25, 0.3) is 0 Å². The Labute approximate surface area is 197 Å². The van der Waals surface area contributed by atoms with Gasteiger partial charge in [0.25, 0.3) is 0 Å². The molecule has 2 aromatic rings. The average molecular weight is 500 g/mol. The van der Waals surface area contributed by atoms with Crippen LogP contribution in [0.5, 0.6) is 11.5 Å². The number of rotatable bonds is 6. The van der Waals surface area contributed by atoms with E-state index in [1.54, 1.807) is 4.90 Å². The van der Waals surface area contributed by atoms with Gasteiger partial charge in [0.2, 0.25) is 22.7 Å². The van der Waals surface area contributed by atoms with Crippen molar-refractivity contribution in [3.63, 3.8) is 0 Å². The minimum atomic E-state index is -3.69. The number of carbonyl (C=O) groups is 1. The van der Waals surface area contributed by atoms with Crippen molar-refractivity contribution in [2.45, 2.75) is 6.54 Å². The maximum atomic E-state index is 12.9. The van der Waals surface area contributed by atoms with Crippen molar-refractivity contribution in [3.05, 3.63) is 52.0 Å². The second-order valence-corrected chi connectivity index (χ2v) is 10.4. The summed E-state index contributed by atoms with van der Waals surface area (Å²) >= 11 is 12.0. The van der Waals surface area contributed by atoms with Crippen molar-refractivity contribution in [1.82, 2.24) is 9.80 Å². The number of nitrogens with zero attached hydrogens (tertiary/aromatic N) is 3. The van der Waals surface area contributed by atoms with Crippen molar-refractivity contribution in [2.24, 2.45) is 0 Å². The second kappa shape index (κ2) is 9.35. The van der Waals surface area contributed by atoms with Crippen LogP contribution in [0, 0.1) is 0 Å². The number of benzene rings is 2. The molecule has 8 nitrogen and oxygen atoms in total. The van der Waals surface area contributed by atoms with Gasteiger partial charge in [0.1, 0.15) is 6.54 Å². The third kappa shape index (κ3) is 5.23. The Bertz CT molecular complexity index is 1120. The van der Waals surface area contributed by atoms with Gasteiger partial charge in [-0.25, -0.2) is 8.42 Å². The van der Waals surface area contributed by atoms with E-state index in [2.05, 4.69) is 4.90 Å². The first-order valence-electron chi connectivity index (χ1n) is 10.0. The molecule has 1 amide bonds. The monoisotopic (exact) mass is 499 g/mol. The fraction of sp³-hybridized carbons (Fsp3) is 0.381. The van der Waals surface area contributed by atoms with Crippen molar-refractivity contribution in [1.29, 1.82) is 0 Å². The molecule has 0 spiro atoms.